The Morgan fingerprint density at radius 1 is 1.43 bits per heavy atom. The summed E-state index contributed by atoms with van der Waals surface area (Å²) in [7, 11) is 0. The van der Waals surface area contributed by atoms with Crippen molar-refractivity contribution in [3.05, 3.63) is 42.5 Å². The number of ketones is 1. The van der Waals surface area contributed by atoms with Crippen LogP contribution in [0, 0.1) is 6.92 Å². The first-order valence-corrected chi connectivity index (χ1v) is 7.83. The Balaban J connectivity index is 2.27. The topological polar surface area (TPSA) is 47.8 Å². The quantitative estimate of drug-likeness (QED) is 0.580. The molecule has 0 radical (unpaired) electrons. The minimum absolute atomic E-state index is 0.191. The van der Waals surface area contributed by atoms with E-state index in [4.69, 9.17) is 0 Å². The second-order valence-corrected chi connectivity index (χ2v) is 5.94. The molecule has 0 saturated heterocycles. The van der Waals surface area contributed by atoms with Gasteiger partial charge in [-0.1, -0.05) is 41.6 Å². The van der Waals surface area contributed by atoms with Gasteiger partial charge >= 0.3 is 0 Å². The van der Waals surface area contributed by atoms with Crippen molar-refractivity contribution in [1.82, 2.24) is 14.8 Å². The van der Waals surface area contributed by atoms with E-state index in [9.17, 15) is 4.79 Å². The molecule has 1 aromatic heterocycles. The molecule has 0 aliphatic carbocycles. The van der Waals surface area contributed by atoms with Crippen LogP contribution in [-0.4, -0.2) is 26.3 Å². The fourth-order valence-corrected chi connectivity index (χ4v) is 2.96. The molecule has 0 aliphatic rings. The third-order valence-electron chi connectivity index (χ3n) is 2.99. The van der Waals surface area contributed by atoms with Crippen LogP contribution < -0.4 is 0 Å². The summed E-state index contributed by atoms with van der Waals surface area (Å²) < 4.78 is 2.03. The number of allylic oxidation sites excluding steroid dienone is 1. The van der Waals surface area contributed by atoms with E-state index in [1.165, 1.54) is 5.56 Å². The van der Waals surface area contributed by atoms with E-state index in [0.717, 1.165) is 22.3 Å². The summed E-state index contributed by atoms with van der Waals surface area (Å²) in [5.41, 5.74) is 2.23. The highest BCUT2D eigenvalue weighted by Crippen LogP contribution is 2.25. The van der Waals surface area contributed by atoms with Crippen LogP contribution in [0.1, 0.15) is 18.9 Å². The van der Waals surface area contributed by atoms with Gasteiger partial charge in [0.05, 0.1) is 0 Å². The second-order valence-electron chi connectivity index (χ2n) is 4.88. The van der Waals surface area contributed by atoms with Crippen LogP contribution >= 0.6 is 11.8 Å². The molecule has 0 amide bonds. The molecule has 0 bridgehead atoms. The van der Waals surface area contributed by atoms with Crippen molar-refractivity contribution in [3.63, 3.8) is 0 Å². The normalized spacial score (nSPS) is 10.6. The van der Waals surface area contributed by atoms with Crippen LogP contribution in [0.25, 0.3) is 11.4 Å². The molecule has 5 heteroatoms. The minimum atomic E-state index is 0.191. The molecular formula is C16H19N3OS. The molecule has 0 spiro atoms. The summed E-state index contributed by atoms with van der Waals surface area (Å²) in [6.07, 6.45) is 2.38. The number of Topliss-reactive ketones (excluding diaryl/α,β-unsaturated/α-hetero) is 1. The smallest absolute Gasteiger partial charge is 0.191 e. The summed E-state index contributed by atoms with van der Waals surface area (Å²) in [6, 6.07) is 8.19. The molecule has 110 valence electrons. The van der Waals surface area contributed by atoms with E-state index in [0.29, 0.717) is 13.0 Å². The summed E-state index contributed by atoms with van der Waals surface area (Å²) in [5, 5.41) is 9.38. The standard InChI is InChI=1S/C16H19N3OS/c1-4-9-19-15(14-7-5-6-12(2)11-14)17-18-16(19)21-10-8-13(3)20/h4-7,11H,1,8-10H2,2-3H3. The number of benzene rings is 1. The number of rotatable bonds is 7. The Kier molecular flexibility index (Phi) is 5.33. The van der Waals surface area contributed by atoms with Crippen molar-refractivity contribution < 1.29 is 4.79 Å². The van der Waals surface area contributed by atoms with E-state index in [-0.39, 0.29) is 5.78 Å². The first-order chi connectivity index (χ1) is 10.1. The third kappa shape index (κ3) is 4.04. The molecule has 0 atom stereocenters. The van der Waals surface area contributed by atoms with Crippen LogP contribution in [0.2, 0.25) is 0 Å². The zero-order valence-corrected chi connectivity index (χ0v) is 13.2. The molecule has 2 aromatic rings. The molecule has 1 heterocycles. The molecule has 1 aromatic carbocycles. The van der Waals surface area contributed by atoms with Gasteiger partial charge in [0.15, 0.2) is 11.0 Å². The van der Waals surface area contributed by atoms with Crippen molar-refractivity contribution in [3.8, 4) is 11.4 Å². The van der Waals surface area contributed by atoms with Crippen molar-refractivity contribution in [2.24, 2.45) is 0 Å². The highest BCUT2D eigenvalue weighted by molar-refractivity contribution is 7.99. The highest BCUT2D eigenvalue weighted by Gasteiger charge is 2.13. The predicted octanol–water partition coefficient (Wildman–Crippen LogP) is 3.51. The molecule has 0 fully saturated rings. The first-order valence-electron chi connectivity index (χ1n) is 6.85. The molecule has 2 rings (SSSR count). The van der Waals surface area contributed by atoms with E-state index < -0.39 is 0 Å². The number of carbonyl (C=O) groups is 1. The van der Waals surface area contributed by atoms with E-state index >= 15 is 0 Å². The maximum atomic E-state index is 11.0. The Hall–Kier alpha value is -1.88. The largest absolute Gasteiger partial charge is 0.300 e. The number of hydrogen-bond donors (Lipinski definition) is 0. The Morgan fingerprint density at radius 2 is 2.24 bits per heavy atom. The Morgan fingerprint density at radius 3 is 2.90 bits per heavy atom. The molecule has 4 nitrogen and oxygen atoms in total. The molecule has 0 N–H and O–H groups in total. The number of carbonyl (C=O) groups excluding carboxylic acids is 1. The molecular weight excluding hydrogens is 282 g/mol. The van der Waals surface area contributed by atoms with Gasteiger partial charge in [-0.05, 0) is 19.9 Å². The van der Waals surface area contributed by atoms with Gasteiger partial charge in [0.1, 0.15) is 5.78 Å². The van der Waals surface area contributed by atoms with Gasteiger partial charge in [-0.3, -0.25) is 9.36 Å². The highest BCUT2D eigenvalue weighted by atomic mass is 32.2. The van der Waals surface area contributed by atoms with Crippen LogP contribution in [0.15, 0.2) is 42.1 Å². The van der Waals surface area contributed by atoms with Crippen molar-refractivity contribution in [2.45, 2.75) is 32.0 Å². The lowest BCUT2D eigenvalue weighted by atomic mass is 10.1. The lowest BCUT2D eigenvalue weighted by Crippen LogP contribution is -2.01. The number of hydrogen-bond acceptors (Lipinski definition) is 4. The summed E-state index contributed by atoms with van der Waals surface area (Å²) in [6.45, 7) is 8.11. The van der Waals surface area contributed by atoms with Gasteiger partial charge in [0, 0.05) is 24.3 Å². The van der Waals surface area contributed by atoms with E-state index in [1.807, 2.05) is 22.8 Å². The average Bonchev–Trinajstić information content (AvgIpc) is 2.82. The number of thioether (sulfide) groups is 1. The van der Waals surface area contributed by atoms with Gasteiger partial charge in [0.2, 0.25) is 0 Å². The van der Waals surface area contributed by atoms with Crippen LogP contribution in [-0.2, 0) is 11.3 Å². The first kappa shape index (κ1) is 15.5. The molecule has 21 heavy (non-hydrogen) atoms. The molecule has 0 saturated carbocycles. The van der Waals surface area contributed by atoms with Crippen LogP contribution in [0.3, 0.4) is 0 Å². The van der Waals surface area contributed by atoms with Gasteiger partial charge in [0.25, 0.3) is 0 Å². The SMILES string of the molecule is C=CCn1c(SCCC(C)=O)nnc1-c1cccc(C)c1. The minimum Gasteiger partial charge on any atom is -0.300 e. The predicted molar refractivity (Wildman–Crippen MR) is 86.4 cm³/mol. The van der Waals surface area contributed by atoms with Crippen LogP contribution in [0.5, 0.6) is 0 Å². The summed E-state index contributed by atoms with van der Waals surface area (Å²) >= 11 is 1.56. The maximum Gasteiger partial charge on any atom is 0.191 e. The lowest BCUT2D eigenvalue weighted by Gasteiger charge is -2.07. The summed E-state index contributed by atoms with van der Waals surface area (Å²) in [4.78, 5) is 11.0. The molecule has 0 aliphatic heterocycles. The van der Waals surface area contributed by atoms with Crippen molar-refractivity contribution in [2.75, 3.05) is 5.75 Å². The van der Waals surface area contributed by atoms with Gasteiger partial charge in [-0.25, -0.2) is 0 Å². The fourth-order valence-electron chi connectivity index (χ4n) is 1.97. The van der Waals surface area contributed by atoms with Crippen molar-refractivity contribution in [1.29, 1.82) is 0 Å². The Bertz CT molecular complexity index is 649. The summed E-state index contributed by atoms with van der Waals surface area (Å²) in [5.74, 6) is 1.75. The second kappa shape index (κ2) is 7.22. The van der Waals surface area contributed by atoms with Crippen LogP contribution in [0.4, 0.5) is 0 Å². The van der Waals surface area contributed by atoms with Gasteiger partial charge < -0.3 is 0 Å². The van der Waals surface area contributed by atoms with E-state index in [2.05, 4.69) is 35.8 Å². The van der Waals surface area contributed by atoms with Crippen molar-refractivity contribution >= 4 is 17.5 Å². The molecule has 0 unspecified atom stereocenters. The lowest BCUT2D eigenvalue weighted by molar-refractivity contribution is -0.116. The average molecular weight is 301 g/mol. The third-order valence-corrected chi connectivity index (χ3v) is 3.96. The van der Waals surface area contributed by atoms with Gasteiger partial charge in [-0.15, -0.1) is 16.8 Å². The number of nitrogens with zero attached hydrogens (tertiary/aromatic N) is 3. The zero-order chi connectivity index (χ0) is 15.2. The monoisotopic (exact) mass is 301 g/mol. The fraction of sp³-hybridized carbons (Fsp3) is 0.312. The van der Waals surface area contributed by atoms with E-state index in [1.54, 1.807) is 18.7 Å². The van der Waals surface area contributed by atoms with Gasteiger partial charge in [-0.2, -0.15) is 0 Å². The Labute approximate surface area is 129 Å². The maximum absolute atomic E-state index is 11.0. The number of aryl methyl sites for hydroxylation is 1. The zero-order valence-electron chi connectivity index (χ0n) is 12.4. The number of aromatic nitrogens is 3.